The average molecular weight is 262 g/mol. The van der Waals surface area contributed by atoms with Gasteiger partial charge in [0.25, 0.3) is 0 Å². The highest BCUT2D eigenvalue weighted by Gasteiger charge is 2.16. The first-order valence-corrected chi connectivity index (χ1v) is 7.05. The van der Waals surface area contributed by atoms with Gasteiger partial charge in [-0.05, 0) is 42.9 Å². The lowest BCUT2D eigenvalue weighted by atomic mass is 10.0. The number of hydrogen-bond donors (Lipinski definition) is 0. The molecule has 104 valence electrons. The van der Waals surface area contributed by atoms with Gasteiger partial charge in [-0.2, -0.15) is 0 Å². The molecule has 1 saturated heterocycles. The Hall–Kier alpha value is -1.35. The molecule has 1 aliphatic rings. The zero-order valence-corrected chi connectivity index (χ0v) is 11.7. The summed E-state index contributed by atoms with van der Waals surface area (Å²) in [6.07, 6.45) is 3.33. The molecule has 0 saturated carbocycles. The summed E-state index contributed by atoms with van der Waals surface area (Å²) in [4.78, 5) is 11.9. The molecule has 1 aromatic carbocycles. The molecule has 3 nitrogen and oxygen atoms in total. The SMILES string of the molecule is CC(C)c1ccc(C(=O)OCC2CCCCO2)cc1. The van der Waals surface area contributed by atoms with Crippen molar-refractivity contribution in [3.8, 4) is 0 Å². The Morgan fingerprint density at radius 1 is 1.32 bits per heavy atom. The highest BCUT2D eigenvalue weighted by atomic mass is 16.6. The summed E-state index contributed by atoms with van der Waals surface area (Å²) in [5.74, 6) is 0.213. The van der Waals surface area contributed by atoms with Gasteiger partial charge >= 0.3 is 5.97 Å². The molecule has 1 atom stereocenters. The highest BCUT2D eigenvalue weighted by Crippen LogP contribution is 2.16. The lowest BCUT2D eigenvalue weighted by molar-refractivity contribution is -0.0300. The minimum Gasteiger partial charge on any atom is -0.459 e. The maximum atomic E-state index is 11.9. The Balaban J connectivity index is 1.85. The third kappa shape index (κ3) is 4.06. The monoisotopic (exact) mass is 262 g/mol. The van der Waals surface area contributed by atoms with E-state index in [2.05, 4.69) is 13.8 Å². The van der Waals surface area contributed by atoms with E-state index in [9.17, 15) is 4.79 Å². The molecule has 0 radical (unpaired) electrons. The van der Waals surface area contributed by atoms with Gasteiger partial charge in [-0.3, -0.25) is 0 Å². The van der Waals surface area contributed by atoms with Crippen LogP contribution < -0.4 is 0 Å². The third-order valence-electron chi connectivity index (χ3n) is 3.49. The van der Waals surface area contributed by atoms with Gasteiger partial charge in [-0.25, -0.2) is 4.79 Å². The second-order valence-electron chi connectivity index (χ2n) is 5.36. The maximum Gasteiger partial charge on any atom is 0.338 e. The summed E-state index contributed by atoms with van der Waals surface area (Å²) < 4.78 is 10.8. The van der Waals surface area contributed by atoms with Gasteiger partial charge in [0.15, 0.2) is 0 Å². The topological polar surface area (TPSA) is 35.5 Å². The number of rotatable bonds is 4. The lowest BCUT2D eigenvalue weighted by Gasteiger charge is -2.22. The molecule has 0 amide bonds. The standard InChI is InChI=1S/C16H22O3/c1-12(2)13-6-8-14(9-7-13)16(17)19-11-15-5-3-4-10-18-15/h6-9,12,15H,3-5,10-11H2,1-2H3. The van der Waals surface area contributed by atoms with Crippen molar-refractivity contribution < 1.29 is 14.3 Å². The fourth-order valence-corrected chi connectivity index (χ4v) is 2.19. The first kappa shape index (κ1) is 14.1. The zero-order chi connectivity index (χ0) is 13.7. The minimum atomic E-state index is -0.260. The number of esters is 1. The van der Waals surface area contributed by atoms with E-state index in [1.54, 1.807) is 0 Å². The van der Waals surface area contributed by atoms with Crippen LogP contribution in [0, 0.1) is 0 Å². The fraction of sp³-hybridized carbons (Fsp3) is 0.562. The first-order chi connectivity index (χ1) is 9.16. The van der Waals surface area contributed by atoms with Gasteiger partial charge in [0, 0.05) is 6.61 Å². The van der Waals surface area contributed by atoms with Gasteiger partial charge in [0.1, 0.15) is 6.61 Å². The Morgan fingerprint density at radius 2 is 2.05 bits per heavy atom. The Kier molecular flexibility index (Phi) is 4.97. The Bertz CT molecular complexity index is 403. The van der Waals surface area contributed by atoms with Crippen molar-refractivity contribution >= 4 is 5.97 Å². The molecule has 0 bridgehead atoms. The van der Waals surface area contributed by atoms with Crippen molar-refractivity contribution in [3.63, 3.8) is 0 Å². The van der Waals surface area contributed by atoms with E-state index in [-0.39, 0.29) is 12.1 Å². The summed E-state index contributed by atoms with van der Waals surface area (Å²) in [7, 11) is 0. The average Bonchev–Trinajstić information content (AvgIpc) is 2.46. The van der Waals surface area contributed by atoms with Crippen LogP contribution in [0.4, 0.5) is 0 Å². The number of hydrogen-bond acceptors (Lipinski definition) is 3. The van der Waals surface area contributed by atoms with E-state index >= 15 is 0 Å². The second-order valence-corrected chi connectivity index (χ2v) is 5.36. The van der Waals surface area contributed by atoms with Crippen LogP contribution in [0.5, 0.6) is 0 Å². The molecular weight excluding hydrogens is 240 g/mol. The van der Waals surface area contributed by atoms with Crippen LogP contribution in [0.1, 0.15) is 54.9 Å². The quantitative estimate of drug-likeness (QED) is 0.779. The van der Waals surface area contributed by atoms with Gasteiger partial charge in [0.05, 0.1) is 11.7 Å². The van der Waals surface area contributed by atoms with Crippen molar-refractivity contribution in [3.05, 3.63) is 35.4 Å². The fourth-order valence-electron chi connectivity index (χ4n) is 2.19. The highest BCUT2D eigenvalue weighted by molar-refractivity contribution is 5.89. The van der Waals surface area contributed by atoms with E-state index < -0.39 is 0 Å². The molecule has 1 heterocycles. The molecular formula is C16H22O3. The van der Waals surface area contributed by atoms with Crippen LogP contribution in [0.2, 0.25) is 0 Å². The van der Waals surface area contributed by atoms with Gasteiger partial charge in [0.2, 0.25) is 0 Å². The van der Waals surface area contributed by atoms with Crippen molar-refractivity contribution in [1.82, 2.24) is 0 Å². The molecule has 0 aliphatic carbocycles. The van der Waals surface area contributed by atoms with Crippen molar-refractivity contribution in [2.75, 3.05) is 13.2 Å². The van der Waals surface area contributed by atoms with Crippen LogP contribution >= 0.6 is 0 Å². The maximum absolute atomic E-state index is 11.9. The number of benzene rings is 1. The summed E-state index contributed by atoms with van der Waals surface area (Å²) in [6.45, 7) is 5.41. The van der Waals surface area contributed by atoms with E-state index in [1.165, 1.54) is 5.56 Å². The number of carbonyl (C=O) groups is 1. The summed E-state index contributed by atoms with van der Waals surface area (Å²) in [6, 6.07) is 7.63. The van der Waals surface area contributed by atoms with Crippen LogP contribution in [-0.2, 0) is 9.47 Å². The summed E-state index contributed by atoms with van der Waals surface area (Å²) >= 11 is 0. The molecule has 1 aromatic rings. The van der Waals surface area contributed by atoms with E-state index in [4.69, 9.17) is 9.47 Å². The van der Waals surface area contributed by atoms with Crippen LogP contribution in [0.25, 0.3) is 0 Å². The van der Waals surface area contributed by atoms with Crippen molar-refractivity contribution in [1.29, 1.82) is 0 Å². The smallest absolute Gasteiger partial charge is 0.338 e. The van der Waals surface area contributed by atoms with Crippen LogP contribution in [0.3, 0.4) is 0 Å². The van der Waals surface area contributed by atoms with Gasteiger partial charge < -0.3 is 9.47 Å². The van der Waals surface area contributed by atoms with E-state index in [1.807, 2.05) is 24.3 Å². The number of ether oxygens (including phenoxy) is 2. The molecule has 1 unspecified atom stereocenters. The minimum absolute atomic E-state index is 0.0765. The molecule has 0 N–H and O–H groups in total. The predicted molar refractivity (Wildman–Crippen MR) is 74.4 cm³/mol. The predicted octanol–water partition coefficient (Wildman–Crippen LogP) is 3.54. The molecule has 0 spiro atoms. The Labute approximate surface area is 114 Å². The molecule has 2 rings (SSSR count). The van der Waals surface area contributed by atoms with Crippen molar-refractivity contribution in [2.45, 2.75) is 45.1 Å². The van der Waals surface area contributed by atoms with Crippen LogP contribution in [0.15, 0.2) is 24.3 Å². The molecule has 1 aliphatic heterocycles. The van der Waals surface area contributed by atoms with Crippen molar-refractivity contribution in [2.24, 2.45) is 0 Å². The normalized spacial score (nSPS) is 19.4. The van der Waals surface area contributed by atoms with Gasteiger partial charge in [-0.1, -0.05) is 26.0 Å². The summed E-state index contributed by atoms with van der Waals surface area (Å²) in [5, 5.41) is 0. The van der Waals surface area contributed by atoms with Crippen LogP contribution in [-0.4, -0.2) is 25.3 Å². The first-order valence-electron chi connectivity index (χ1n) is 7.05. The lowest BCUT2D eigenvalue weighted by Crippen LogP contribution is -2.25. The molecule has 19 heavy (non-hydrogen) atoms. The van der Waals surface area contributed by atoms with Gasteiger partial charge in [-0.15, -0.1) is 0 Å². The largest absolute Gasteiger partial charge is 0.459 e. The molecule has 1 fully saturated rings. The van der Waals surface area contributed by atoms with E-state index in [0.29, 0.717) is 18.1 Å². The summed E-state index contributed by atoms with van der Waals surface area (Å²) in [5.41, 5.74) is 1.84. The number of carbonyl (C=O) groups excluding carboxylic acids is 1. The Morgan fingerprint density at radius 3 is 2.63 bits per heavy atom. The zero-order valence-electron chi connectivity index (χ0n) is 11.7. The van der Waals surface area contributed by atoms with E-state index in [0.717, 1.165) is 25.9 Å². The molecule has 0 aromatic heterocycles. The molecule has 3 heteroatoms. The third-order valence-corrected chi connectivity index (χ3v) is 3.49. The second kappa shape index (κ2) is 6.71.